The van der Waals surface area contributed by atoms with Crippen LogP contribution in [-0.4, -0.2) is 68.4 Å². The van der Waals surface area contributed by atoms with Crippen molar-refractivity contribution >= 4 is 39.4 Å². The number of aromatic nitrogens is 1. The van der Waals surface area contributed by atoms with Crippen LogP contribution in [0.15, 0.2) is 78.9 Å². The molecule has 0 unspecified atom stereocenters. The smallest absolute Gasteiger partial charge is 0.332 e. The van der Waals surface area contributed by atoms with Crippen molar-refractivity contribution in [3.05, 3.63) is 101 Å². The summed E-state index contributed by atoms with van der Waals surface area (Å²) in [4.78, 5) is 49.6. The quantitative estimate of drug-likeness (QED) is 0.326. The number of nitrogens with one attached hydrogen (secondary N) is 1. The number of aryl methyl sites for hydroxylation is 1. The summed E-state index contributed by atoms with van der Waals surface area (Å²) in [5, 5.41) is 7.48. The maximum Gasteiger partial charge on any atom is 0.332 e. The van der Waals surface area contributed by atoms with Crippen molar-refractivity contribution in [1.29, 1.82) is 0 Å². The zero-order valence-corrected chi connectivity index (χ0v) is 24.6. The van der Waals surface area contributed by atoms with Crippen LogP contribution < -0.4 is 5.32 Å². The van der Waals surface area contributed by atoms with Crippen LogP contribution in [0.25, 0.3) is 10.2 Å². The summed E-state index contributed by atoms with van der Waals surface area (Å²) >= 11 is 1.63. The minimum atomic E-state index is -0.783. The van der Waals surface area contributed by atoms with Crippen LogP contribution in [0.4, 0.5) is 4.79 Å². The van der Waals surface area contributed by atoms with E-state index >= 15 is 0 Å². The van der Waals surface area contributed by atoms with Crippen molar-refractivity contribution < 1.29 is 14.4 Å². The molecular formula is C32H34N6O3S. The first kappa shape index (κ1) is 27.9. The van der Waals surface area contributed by atoms with Crippen molar-refractivity contribution in [2.75, 3.05) is 19.6 Å². The summed E-state index contributed by atoms with van der Waals surface area (Å²) in [5.41, 5.74) is 3.61. The number of piperazine rings is 1. The molecule has 2 fully saturated rings. The molecule has 9 nitrogen and oxygen atoms in total. The Balaban J connectivity index is 1.33. The van der Waals surface area contributed by atoms with E-state index in [0.29, 0.717) is 26.1 Å². The minimum Gasteiger partial charge on any atom is -0.333 e. The number of hydrogen-bond donors (Lipinski definition) is 1. The van der Waals surface area contributed by atoms with Crippen LogP contribution in [0.2, 0.25) is 0 Å². The van der Waals surface area contributed by atoms with E-state index in [1.54, 1.807) is 21.2 Å². The molecule has 0 radical (unpaired) electrons. The molecule has 2 atom stereocenters. The van der Waals surface area contributed by atoms with Gasteiger partial charge in [0.2, 0.25) is 5.91 Å². The van der Waals surface area contributed by atoms with Gasteiger partial charge in [0.15, 0.2) is 0 Å². The largest absolute Gasteiger partial charge is 0.333 e. The van der Waals surface area contributed by atoms with Gasteiger partial charge in [-0.15, -0.1) is 11.3 Å². The Morgan fingerprint density at radius 3 is 2.50 bits per heavy atom. The molecule has 4 amide bonds. The predicted molar refractivity (Wildman–Crippen MR) is 162 cm³/mol. The average molecular weight is 583 g/mol. The monoisotopic (exact) mass is 582 g/mol. The van der Waals surface area contributed by atoms with Crippen LogP contribution >= 0.6 is 11.3 Å². The van der Waals surface area contributed by atoms with E-state index in [0.717, 1.165) is 31.9 Å². The van der Waals surface area contributed by atoms with E-state index in [4.69, 9.17) is 4.98 Å². The van der Waals surface area contributed by atoms with Gasteiger partial charge < -0.3 is 15.1 Å². The fourth-order valence-corrected chi connectivity index (χ4v) is 6.79. The molecule has 3 heterocycles. The number of hydrogen-bond acceptors (Lipinski definition) is 6. The molecule has 0 saturated carbocycles. The second-order valence-corrected chi connectivity index (χ2v) is 11.9. The SMILES string of the molecule is CCCN(C(=O)NCc1ccccc1)N1CC(=O)N2[C@@H](c3ccccc3)C(=O)N(Cc3cccc4sc(C)nc34)C[C@@H]21. The number of thiazole rings is 1. The second-order valence-electron chi connectivity index (χ2n) is 10.7. The maximum atomic E-state index is 14.2. The molecule has 0 bridgehead atoms. The van der Waals surface area contributed by atoms with E-state index < -0.39 is 12.2 Å². The number of amides is 4. The molecule has 2 aliphatic rings. The number of carbonyl (C=O) groups is 3. The summed E-state index contributed by atoms with van der Waals surface area (Å²) < 4.78 is 1.08. The molecule has 10 heteroatoms. The predicted octanol–water partition coefficient (Wildman–Crippen LogP) is 4.70. The summed E-state index contributed by atoms with van der Waals surface area (Å²) in [6.07, 6.45) is 0.220. The van der Waals surface area contributed by atoms with E-state index in [-0.39, 0.29) is 30.9 Å². The van der Waals surface area contributed by atoms with Crippen molar-refractivity contribution in [1.82, 2.24) is 30.1 Å². The molecule has 3 aromatic carbocycles. The van der Waals surface area contributed by atoms with Gasteiger partial charge in [0.1, 0.15) is 12.2 Å². The Morgan fingerprint density at radius 2 is 1.76 bits per heavy atom. The second kappa shape index (κ2) is 11.9. The number of nitrogens with zero attached hydrogens (tertiary/aromatic N) is 5. The summed E-state index contributed by atoms with van der Waals surface area (Å²) in [5.74, 6) is -0.303. The lowest BCUT2D eigenvalue weighted by Crippen LogP contribution is -2.62. The number of benzene rings is 3. The van der Waals surface area contributed by atoms with Gasteiger partial charge in [-0.2, -0.15) is 5.01 Å². The van der Waals surface area contributed by atoms with Gasteiger partial charge >= 0.3 is 6.03 Å². The molecule has 4 aromatic rings. The van der Waals surface area contributed by atoms with E-state index in [1.165, 1.54) is 0 Å². The molecule has 6 rings (SSSR count). The molecule has 0 aliphatic carbocycles. The normalized spacial score (nSPS) is 18.9. The topological polar surface area (TPSA) is 89.1 Å². The zero-order valence-electron chi connectivity index (χ0n) is 23.8. The van der Waals surface area contributed by atoms with E-state index in [9.17, 15) is 14.4 Å². The molecule has 2 saturated heterocycles. The third-order valence-corrected chi connectivity index (χ3v) is 8.75. The molecule has 216 valence electrons. The minimum absolute atomic E-state index is 0.0226. The van der Waals surface area contributed by atoms with Crippen molar-refractivity contribution in [2.45, 2.75) is 45.6 Å². The number of fused-ring (bicyclic) bond motifs is 2. The number of hydrazine groups is 1. The Bertz CT molecular complexity index is 1590. The Kier molecular flexibility index (Phi) is 7.90. The molecule has 0 spiro atoms. The van der Waals surface area contributed by atoms with Crippen LogP contribution in [0.1, 0.15) is 41.1 Å². The van der Waals surface area contributed by atoms with Crippen LogP contribution in [0, 0.1) is 6.92 Å². The number of urea groups is 1. The van der Waals surface area contributed by atoms with Gasteiger partial charge in [-0.05, 0) is 36.1 Å². The van der Waals surface area contributed by atoms with Gasteiger partial charge in [0, 0.05) is 19.6 Å². The highest BCUT2D eigenvalue weighted by molar-refractivity contribution is 7.18. The third-order valence-electron chi connectivity index (χ3n) is 7.81. The molecule has 1 aromatic heterocycles. The van der Waals surface area contributed by atoms with E-state index in [2.05, 4.69) is 5.32 Å². The van der Waals surface area contributed by atoms with Gasteiger partial charge in [0.25, 0.3) is 5.91 Å². The lowest BCUT2D eigenvalue weighted by Gasteiger charge is -2.46. The van der Waals surface area contributed by atoms with Crippen molar-refractivity contribution in [3.8, 4) is 0 Å². The first-order valence-electron chi connectivity index (χ1n) is 14.3. The summed E-state index contributed by atoms with van der Waals surface area (Å²) in [7, 11) is 0. The fourth-order valence-electron chi connectivity index (χ4n) is 5.91. The molecule has 42 heavy (non-hydrogen) atoms. The lowest BCUT2D eigenvalue weighted by atomic mass is 10.00. The Labute approximate surface area is 249 Å². The van der Waals surface area contributed by atoms with Gasteiger partial charge in [-0.25, -0.2) is 9.78 Å². The van der Waals surface area contributed by atoms with Crippen LogP contribution in [-0.2, 0) is 22.7 Å². The highest BCUT2D eigenvalue weighted by Gasteiger charge is 2.52. The van der Waals surface area contributed by atoms with Crippen LogP contribution in [0.3, 0.4) is 0 Å². The number of carbonyl (C=O) groups excluding carboxylic acids is 3. The third kappa shape index (κ3) is 5.35. The first-order valence-corrected chi connectivity index (χ1v) is 15.1. The Hall–Kier alpha value is -4.28. The summed E-state index contributed by atoms with van der Waals surface area (Å²) in [6.45, 7) is 5.48. The van der Waals surface area contributed by atoms with Gasteiger partial charge in [-0.3, -0.25) is 14.6 Å². The Morgan fingerprint density at radius 1 is 1.02 bits per heavy atom. The fraction of sp³-hybridized carbons (Fsp3) is 0.312. The molecular weight excluding hydrogens is 548 g/mol. The van der Waals surface area contributed by atoms with Crippen molar-refractivity contribution in [3.63, 3.8) is 0 Å². The first-order chi connectivity index (χ1) is 20.4. The zero-order chi connectivity index (χ0) is 29.2. The average Bonchev–Trinajstić information content (AvgIpc) is 3.55. The standard InChI is InChI=1S/C32H34N6O3S/c1-3-17-36(32(41)33-18-23-11-6-4-7-12-23)37-21-28(39)38-27(37)20-35(31(40)30(38)24-13-8-5-9-14-24)19-25-15-10-16-26-29(25)34-22(2)42-26/h4-16,27,30H,3,17-21H2,1-2H3,(H,33,41)/t27-,30+/m1/s1. The molecule has 1 N–H and O–H groups in total. The van der Waals surface area contributed by atoms with Gasteiger partial charge in [-0.1, -0.05) is 79.7 Å². The summed E-state index contributed by atoms with van der Waals surface area (Å²) in [6, 6.07) is 24.2. The highest BCUT2D eigenvalue weighted by atomic mass is 32.1. The highest BCUT2D eigenvalue weighted by Crippen LogP contribution is 2.37. The number of para-hydroxylation sites is 1. The maximum absolute atomic E-state index is 14.2. The number of rotatable bonds is 8. The lowest BCUT2D eigenvalue weighted by molar-refractivity contribution is -0.158. The van der Waals surface area contributed by atoms with Crippen molar-refractivity contribution in [2.24, 2.45) is 0 Å². The van der Waals surface area contributed by atoms with Gasteiger partial charge in [0.05, 0.1) is 28.3 Å². The van der Waals surface area contributed by atoms with Crippen LogP contribution in [0.5, 0.6) is 0 Å². The van der Waals surface area contributed by atoms with E-state index in [1.807, 2.05) is 103 Å². The molecule has 2 aliphatic heterocycles.